The maximum atomic E-state index is 13.9. The van der Waals surface area contributed by atoms with Crippen molar-refractivity contribution in [2.75, 3.05) is 6.61 Å². The number of hydrogen-bond acceptors (Lipinski definition) is 4. The molecule has 3 fully saturated rings. The summed E-state index contributed by atoms with van der Waals surface area (Å²) in [5.41, 5.74) is 2.95. The van der Waals surface area contributed by atoms with E-state index >= 15 is 0 Å². The lowest BCUT2D eigenvalue weighted by molar-refractivity contribution is -0.134. The average Bonchev–Trinajstić information content (AvgIpc) is 3.56. The van der Waals surface area contributed by atoms with E-state index in [1.54, 1.807) is 12.1 Å². The zero-order chi connectivity index (χ0) is 24.1. The Kier molecular flexibility index (Phi) is 5.54. The Balaban J connectivity index is 1.15. The van der Waals surface area contributed by atoms with Crippen LogP contribution < -0.4 is 0 Å². The first kappa shape index (κ1) is 22.2. The van der Waals surface area contributed by atoms with Crippen LogP contribution in [0.4, 0.5) is 9.18 Å². The van der Waals surface area contributed by atoms with Crippen LogP contribution in [0.3, 0.4) is 0 Å². The van der Waals surface area contributed by atoms with E-state index in [2.05, 4.69) is 4.98 Å². The predicted octanol–water partition coefficient (Wildman–Crippen LogP) is 6.25. The van der Waals surface area contributed by atoms with Gasteiger partial charge >= 0.3 is 6.09 Å². The van der Waals surface area contributed by atoms with E-state index in [4.69, 9.17) is 4.74 Å². The number of cyclic esters (lactones) is 1. The fraction of sp³-hybridized carbons (Fsp3) is 0.414. The highest BCUT2D eigenvalue weighted by atomic mass is 19.1. The van der Waals surface area contributed by atoms with Crippen molar-refractivity contribution in [2.45, 2.75) is 44.6 Å². The summed E-state index contributed by atoms with van der Waals surface area (Å²) >= 11 is 0. The van der Waals surface area contributed by atoms with Gasteiger partial charge in [0.2, 0.25) is 5.91 Å². The van der Waals surface area contributed by atoms with Crippen LogP contribution in [0.2, 0.25) is 0 Å². The van der Waals surface area contributed by atoms with Gasteiger partial charge in [0.25, 0.3) is 0 Å². The van der Waals surface area contributed by atoms with Gasteiger partial charge in [0.1, 0.15) is 18.5 Å². The first-order valence-electron chi connectivity index (χ1n) is 12.6. The number of benzene rings is 2. The number of amides is 2. The maximum absolute atomic E-state index is 13.9. The number of rotatable bonds is 4. The lowest BCUT2D eigenvalue weighted by Crippen LogP contribution is -2.40. The standard InChI is InChI=1S/C29H29FN2O3/c1-17(28(33)32-27(16-35-29(32)34)18-5-3-2-4-6-18)19-11-20-13-22(14-21(20)12-19)24-9-10-31-26-8-7-23(30)15-25(24)26/h2-10,15,17,19-22,27H,11-14,16H2,1H3/t17-,19?,20-,21+,22?,27+/m1/s1. The highest BCUT2D eigenvalue weighted by molar-refractivity contribution is 5.95. The monoisotopic (exact) mass is 472 g/mol. The molecular weight excluding hydrogens is 443 g/mol. The largest absolute Gasteiger partial charge is 0.446 e. The van der Waals surface area contributed by atoms with Gasteiger partial charge in [0.05, 0.1) is 5.52 Å². The number of pyridine rings is 1. The second-order valence-corrected chi connectivity index (χ2v) is 10.5. The summed E-state index contributed by atoms with van der Waals surface area (Å²) in [5.74, 6) is 1.16. The van der Waals surface area contributed by atoms with Gasteiger partial charge in [0, 0.05) is 17.5 Å². The number of fused-ring (bicyclic) bond motifs is 2. The lowest BCUT2D eigenvalue weighted by Gasteiger charge is -2.27. The predicted molar refractivity (Wildman–Crippen MR) is 130 cm³/mol. The molecule has 0 bridgehead atoms. The lowest BCUT2D eigenvalue weighted by atomic mass is 9.85. The molecule has 2 aromatic carbocycles. The Morgan fingerprint density at radius 3 is 2.54 bits per heavy atom. The topological polar surface area (TPSA) is 59.5 Å². The SMILES string of the molecule is C[C@@H](C(=O)N1C(=O)OC[C@H]1c1ccccc1)C1C[C@H]2CC(c3ccnc4ccc(F)cc34)C[C@H]2C1. The van der Waals surface area contributed by atoms with Gasteiger partial charge < -0.3 is 4.74 Å². The first-order chi connectivity index (χ1) is 17.0. The van der Waals surface area contributed by atoms with E-state index in [9.17, 15) is 14.0 Å². The molecule has 6 rings (SSSR count). The van der Waals surface area contributed by atoms with Crippen LogP contribution in [0.25, 0.3) is 10.9 Å². The number of carbonyl (C=O) groups excluding carboxylic acids is 2. The quantitative estimate of drug-likeness (QED) is 0.450. The Labute approximate surface area is 204 Å². The molecule has 35 heavy (non-hydrogen) atoms. The van der Waals surface area contributed by atoms with Crippen LogP contribution in [-0.2, 0) is 9.53 Å². The zero-order valence-electron chi connectivity index (χ0n) is 19.8. The summed E-state index contributed by atoms with van der Waals surface area (Å²) in [6.45, 7) is 2.18. The summed E-state index contributed by atoms with van der Waals surface area (Å²) < 4.78 is 19.2. The molecule has 2 aliphatic carbocycles. The van der Waals surface area contributed by atoms with Crippen LogP contribution in [0.5, 0.6) is 0 Å². The molecule has 1 saturated heterocycles. The van der Waals surface area contributed by atoms with E-state index in [0.29, 0.717) is 17.8 Å². The molecule has 0 spiro atoms. The van der Waals surface area contributed by atoms with Gasteiger partial charge in [-0.3, -0.25) is 9.78 Å². The number of aromatic nitrogens is 1. The summed E-state index contributed by atoms with van der Waals surface area (Å²) in [5, 5.41) is 0.914. The molecule has 1 aromatic heterocycles. The van der Waals surface area contributed by atoms with Crippen molar-refractivity contribution in [2.24, 2.45) is 23.7 Å². The van der Waals surface area contributed by atoms with Gasteiger partial charge in [-0.05, 0) is 84.7 Å². The van der Waals surface area contributed by atoms with Gasteiger partial charge in [-0.2, -0.15) is 0 Å². The number of nitrogens with zero attached hydrogens (tertiary/aromatic N) is 2. The van der Waals surface area contributed by atoms with Crippen molar-refractivity contribution in [3.63, 3.8) is 0 Å². The molecule has 0 radical (unpaired) electrons. The Bertz CT molecular complexity index is 1270. The molecule has 3 aliphatic rings. The third-order valence-electron chi connectivity index (χ3n) is 8.62. The Morgan fingerprint density at radius 2 is 1.80 bits per heavy atom. The average molecular weight is 473 g/mol. The number of carbonyl (C=O) groups is 2. The summed E-state index contributed by atoms with van der Waals surface area (Å²) in [6, 6.07) is 16.1. The van der Waals surface area contributed by atoms with Gasteiger partial charge in [-0.1, -0.05) is 37.3 Å². The molecule has 2 heterocycles. The minimum absolute atomic E-state index is 0.126. The second kappa shape index (κ2) is 8.74. The fourth-order valence-corrected chi connectivity index (χ4v) is 6.83. The van der Waals surface area contributed by atoms with Crippen molar-refractivity contribution in [1.29, 1.82) is 0 Å². The molecule has 2 unspecified atom stereocenters. The smallest absolute Gasteiger partial charge is 0.417 e. The van der Waals surface area contributed by atoms with Crippen molar-refractivity contribution in [3.8, 4) is 0 Å². The molecule has 3 aromatic rings. The molecule has 6 atom stereocenters. The van der Waals surface area contributed by atoms with Crippen molar-refractivity contribution in [3.05, 3.63) is 77.7 Å². The fourth-order valence-electron chi connectivity index (χ4n) is 6.83. The molecule has 1 aliphatic heterocycles. The third kappa shape index (κ3) is 3.89. The molecule has 180 valence electrons. The zero-order valence-corrected chi connectivity index (χ0v) is 19.8. The highest BCUT2D eigenvalue weighted by Gasteiger charge is 2.48. The normalized spacial score (nSPS) is 28.8. The molecule has 5 nitrogen and oxygen atoms in total. The van der Waals surface area contributed by atoms with Crippen molar-refractivity contribution < 1.29 is 18.7 Å². The Hall–Kier alpha value is -3.28. The molecular formula is C29H29FN2O3. The van der Waals surface area contributed by atoms with Crippen LogP contribution in [-0.4, -0.2) is 28.5 Å². The van der Waals surface area contributed by atoms with Gasteiger partial charge in [-0.25, -0.2) is 14.1 Å². The van der Waals surface area contributed by atoms with Gasteiger partial charge in [0.15, 0.2) is 0 Å². The second-order valence-electron chi connectivity index (χ2n) is 10.5. The molecule has 6 heteroatoms. The number of imide groups is 1. The van der Waals surface area contributed by atoms with E-state index < -0.39 is 6.09 Å². The number of ether oxygens (including phenoxy) is 1. The van der Waals surface area contributed by atoms with Crippen molar-refractivity contribution in [1.82, 2.24) is 9.88 Å². The Morgan fingerprint density at radius 1 is 1.06 bits per heavy atom. The minimum atomic E-state index is -0.536. The number of halogens is 1. The summed E-state index contributed by atoms with van der Waals surface area (Å²) in [4.78, 5) is 31.7. The summed E-state index contributed by atoms with van der Waals surface area (Å²) in [7, 11) is 0. The third-order valence-corrected chi connectivity index (χ3v) is 8.62. The van der Waals surface area contributed by atoms with Crippen LogP contribution >= 0.6 is 0 Å². The van der Waals surface area contributed by atoms with Gasteiger partial charge in [-0.15, -0.1) is 0 Å². The highest BCUT2D eigenvalue weighted by Crippen LogP contribution is 2.55. The first-order valence-corrected chi connectivity index (χ1v) is 12.6. The van der Waals surface area contributed by atoms with Crippen LogP contribution in [0.15, 0.2) is 60.8 Å². The van der Waals surface area contributed by atoms with Crippen molar-refractivity contribution >= 4 is 22.9 Å². The maximum Gasteiger partial charge on any atom is 0.417 e. The van der Waals surface area contributed by atoms with E-state index in [0.717, 1.165) is 42.1 Å². The molecule has 0 N–H and O–H groups in total. The number of hydrogen-bond donors (Lipinski definition) is 0. The molecule has 2 amide bonds. The van der Waals surface area contributed by atoms with E-state index in [1.165, 1.54) is 16.5 Å². The summed E-state index contributed by atoms with van der Waals surface area (Å²) in [6.07, 6.45) is 5.37. The van der Waals surface area contributed by atoms with Crippen LogP contribution in [0, 0.1) is 29.5 Å². The minimum Gasteiger partial charge on any atom is -0.446 e. The van der Waals surface area contributed by atoms with Crippen LogP contribution in [0.1, 0.15) is 55.7 Å². The van der Waals surface area contributed by atoms with E-state index in [1.807, 2.05) is 49.5 Å². The molecule has 2 saturated carbocycles. The van der Waals surface area contributed by atoms with E-state index in [-0.39, 0.29) is 36.2 Å².